The standard InChI is InChI=1S/C15H22N2OS2/c1-5-20-9-11(4)17-12-7-6-8-13(18-10(2)3)14(12)16-15(17)19/h6-8,10-11H,5,9H2,1-4H3,(H,16,19). The van der Waals surface area contributed by atoms with Crippen LogP contribution in [0.1, 0.15) is 33.7 Å². The Hall–Kier alpha value is -0.940. The van der Waals surface area contributed by atoms with E-state index in [4.69, 9.17) is 17.0 Å². The number of nitrogens with one attached hydrogen (secondary N) is 1. The van der Waals surface area contributed by atoms with Gasteiger partial charge in [0.2, 0.25) is 0 Å². The number of imidazole rings is 1. The summed E-state index contributed by atoms with van der Waals surface area (Å²) in [7, 11) is 0. The highest BCUT2D eigenvalue weighted by atomic mass is 32.2. The van der Waals surface area contributed by atoms with Crippen molar-refractivity contribution in [3.8, 4) is 5.75 Å². The maximum atomic E-state index is 5.86. The van der Waals surface area contributed by atoms with Crippen LogP contribution in [0.5, 0.6) is 5.75 Å². The summed E-state index contributed by atoms with van der Waals surface area (Å²) in [5.41, 5.74) is 2.12. The highest BCUT2D eigenvalue weighted by molar-refractivity contribution is 7.99. The van der Waals surface area contributed by atoms with Crippen molar-refractivity contribution in [2.45, 2.75) is 39.8 Å². The maximum Gasteiger partial charge on any atom is 0.178 e. The molecule has 1 unspecified atom stereocenters. The number of benzene rings is 1. The SMILES string of the molecule is CCSCC(C)n1c(=S)[nH]c2c(OC(C)C)cccc21. The largest absolute Gasteiger partial charge is 0.489 e. The molecule has 0 spiro atoms. The van der Waals surface area contributed by atoms with Crippen LogP contribution in [0.2, 0.25) is 0 Å². The second kappa shape index (κ2) is 6.68. The van der Waals surface area contributed by atoms with Crippen LogP contribution in [0.3, 0.4) is 0 Å². The number of nitrogens with zero attached hydrogens (tertiary/aromatic N) is 1. The first kappa shape index (κ1) is 15.4. The summed E-state index contributed by atoms with van der Waals surface area (Å²) in [5.74, 6) is 3.06. The summed E-state index contributed by atoms with van der Waals surface area (Å²) in [5, 5.41) is 0. The van der Waals surface area contributed by atoms with E-state index in [0.29, 0.717) is 6.04 Å². The van der Waals surface area contributed by atoms with Crippen LogP contribution < -0.4 is 4.74 Å². The smallest absolute Gasteiger partial charge is 0.178 e. The summed E-state index contributed by atoms with van der Waals surface area (Å²) < 4.78 is 8.82. The van der Waals surface area contributed by atoms with Gasteiger partial charge in [-0.25, -0.2) is 0 Å². The lowest BCUT2D eigenvalue weighted by atomic mass is 10.2. The second-order valence-electron chi connectivity index (χ2n) is 5.13. The van der Waals surface area contributed by atoms with E-state index >= 15 is 0 Å². The number of para-hydroxylation sites is 1. The number of rotatable bonds is 6. The molecule has 0 bridgehead atoms. The van der Waals surface area contributed by atoms with Gasteiger partial charge in [0.05, 0.1) is 11.6 Å². The molecule has 20 heavy (non-hydrogen) atoms. The summed E-state index contributed by atoms with van der Waals surface area (Å²) in [6.45, 7) is 8.46. The Kier molecular flexibility index (Phi) is 5.16. The zero-order valence-electron chi connectivity index (χ0n) is 12.5. The molecule has 2 rings (SSSR count). The van der Waals surface area contributed by atoms with Gasteiger partial charge in [-0.2, -0.15) is 11.8 Å². The maximum absolute atomic E-state index is 5.86. The Labute approximate surface area is 129 Å². The molecule has 1 heterocycles. The predicted molar refractivity (Wildman–Crippen MR) is 90.6 cm³/mol. The summed E-state index contributed by atoms with van der Waals surface area (Å²) in [4.78, 5) is 3.30. The van der Waals surface area contributed by atoms with Crippen molar-refractivity contribution >= 4 is 35.0 Å². The van der Waals surface area contributed by atoms with E-state index in [0.717, 1.165) is 33.1 Å². The van der Waals surface area contributed by atoms with Crippen molar-refractivity contribution in [1.82, 2.24) is 9.55 Å². The van der Waals surface area contributed by atoms with E-state index in [9.17, 15) is 0 Å². The minimum atomic E-state index is 0.152. The van der Waals surface area contributed by atoms with Gasteiger partial charge in [0.25, 0.3) is 0 Å². The zero-order chi connectivity index (χ0) is 14.7. The molecule has 3 nitrogen and oxygen atoms in total. The number of hydrogen-bond acceptors (Lipinski definition) is 3. The number of fused-ring (bicyclic) bond motifs is 1. The first-order chi connectivity index (χ1) is 9.54. The quantitative estimate of drug-likeness (QED) is 0.777. The van der Waals surface area contributed by atoms with Crippen LogP contribution in [0.4, 0.5) is 0 Å². The van der Waals surface area contributed by atoms with Crippen molar-refractivity contribution < 1.29 is 4.74 Å². The Bertz CT molecular complexity index is 630. The van der Waals surface area contributed by atoms with Gasteiger partial charge in [-0.1, -0.05) is 13.0 Å². The minimum Gasteiger partial charge on any atom is -0.489 e. The lowest BCUT2D eigenvalue weighted by Crippen LogP contribution is -2.08. The first-order valence-corrected chi connectivity index (χ1v) is 8.58. The molecule has 0 aliphatic carbocycles. The monoisotopic (exact) mass is 310 g/mol. The fourth-order valence-corrected chi connectivity index (χ4v) is 3.38. The average molecular weight is 310 g/mol. The molecule has 0 aliphatic heterocycles. The molecule has 1 aromatic carbocycles. The van der Waals surface area contributed by atoms with Crippen LogP contribution >= 0.6 is 24.0 Å². The molecule has 2 aromatic rings. The molecule has 0 radical (unpaired) electrons. The fourth-order valence-electron chi connectivity index (χ4n) is 2.28. The number of aromatic nitrogens is 2. The van der Waals surface area contributed by atoms with Gasteiger partial charge in [-0.3, -0.25) is 0 Å². The van der Waals surface area contributed by atoms with Crippen LogP contribution in [0.15, 0.2) is 18.2 Å². The molecule has 110 valence electrons. The third kappa shape index (κ3) is 3.20. The predicted octanol–water partition coefficient (Wildman–Crippen LogP) is 4.80. The number of thioether (sulfide) groups is 1. The molecule has 1 N–H and O–H groups in total. The number of hydrogen-bond donors (Lipinski definition) is 1. The normalized spacial score (nSPS) is 13.1. The van der Waals surface area contributed by atoms with E-state index in [-0.39, 0.29) is 6.10 Å². The average Bonchev–Trinajstić information content (AvgIpc) is 2.73. The molecule has 0 aliphatic rings. The Morgan fingerprint density at radius 2 is 2.10 bits per heavy atom. The van der Waals surface area contributed by atoms with Gasteiger partial charge in [-0.15, -0.1) is 0 Å². The third-order valence-corrected chi connectivity index (χ3v) is 4.51. The van der Waals surface area contributed by atoms with E-state index in [1.54, 1.807) is 0 Å². The minimum absolute atomic E-state index is 0.152. The lowest BCUT2D eigenvalue weighted by Gasteiger charge is -2.14. The fraction of sp³-hybridized carbons (Fsp3) is 0.533. The first-order valence-electron chi connectivity index (χ1n) is 7.02. The highest BCUT2D eigenvalue weighted by Gasteiger charge is 2.14. The number of H-pyrrole nitrogens is 1. The van der Waals surface area contributed by atoms with Crippen LogP contribution in [0, 0.1) is 4.77 Å². The third-order valence-electron chi connectivity index (χ3n) is 3.08. The Morgan fingerprint density at radius 3 is 2.75 bits per heavy atom. The molecule has 0 saturated heterocycles. The molecular weight excluding hydrogens is 288 g/mol. The molecular formula is C15H22N2OS2. The van der Waals surface area contributed by atoms with Gasteiger partial charge in [0, 0.05) is 11.8 Å². The highest BCUT2D eigenvalue weighted by Crippen LogP contribution is 2.28. The van der Waals surface area contributed by atoms with E-state index in [1.165, 1.54) is 0 Å². The zero-order valence-corrected chi connectivity index (χ0v) is 14.1. The number of aromatic amines is 1. The van der Waals surface area contributed by atoms with Crippen molar-refractivity contribution in [1.29, 1.82) is 0 Å². The number of ether oxygens (including phenoxy) is 1. The molecule has 0 amide bonds. The van der Waals surface area contributed by atoms with Crippen LogP contribution in [-0.4, -0.2) is 27.2 Å². The summed E-state index contributed by atoms with van der Waals surface area (Å²) in [6.07, 6.45) is 0.152. The van der Waals surface area contributed by atoms with Crippen molar-refractivity contribution in [3.63, 3.8) is 0 Å². The summed E-state index contributed by atoms with van der Waals surface area (Å²) in [6, 6.07) is 6.49. The van der Waals surface area contributed by atoms with Gasteiger partial charge in [0.1, 0.15) is 11.3 Å². The topological polar surface area (TPSA) is 29.9 Å². The van der Waals surface area contributed by atoms with Gasteiger partial charge < -0.3 is 14.3 Å². The molecule has 0 fully saturated rings. The van der Waals surface area contributed by atoms with E-state index in [1.807, 2.05) is 37.7 Å². The lowest BCUT2D eigenvalue weighted by molar-refractivity contribution is 0.245. The van der Waals surface area contributed by atoms with Gasteiger partial charge >= 0.3 is 0 Å². The van der Waals surface area contributed by atoms with E-state index < -0.39 is 0 Å². The van der Waals surface area contributed by atoms with Crippen LogP contribution in [-0.2, 0) is 0 Å². The van der Waals surface area contributed by atoms with Gasteiger partial charge in [-0.05, 0) is 50.9 Å². The molecule has 0 saturated carbocycles. The molecule has 1 aromatic heterocycles. The molecule has 5 heteroatoms. The Morgan fingerprint density at radius 1 is 1.35 bits per heavy atom. The van der Waals surface area contributed by atoms with Gasteiger partial charge in [0.15, 0.2) is 4.77 Å². The van der Waals surface area contributed by atoms with Crippen molar-refractivity contribution in [3.05, 3.63) is 23.0 Å². The molecule has 1 atom stereocenters. The summed E-state index contributed by atoms with van der Waals surface area (Å²) >= 11 is 7.43. The van der Waals surface area contributed by atoms with E-state index in [2.05, 4.69) is 29.5 Å². The Balaban J connectivity index is 2.46. The second-order valence-corrected chi connectivity index (χ2v) is 6.83. The van der Waals surface area contributed by atoms with Crippen molar-refractivity contribution in [2.24, 2.45) is 0 Å². The van der Waals surface area contributed by atoms with Crippen LogP contribution in [0.25, 0.3) is 11.0 Å². The van der Waals surface area contributed by atoms with Crippen molar-refractivity contribution in [2.75, 3.05) is 11.5 Å².